The van der Waals surface area contributed by atoms with Crippen molar-refractivity contribution in [2.45, 2.75) is 0 Å². The van der Waals surface area contributed by atoms with E-state index >= 15 is 0 Å². The molecule has 0 spiro atoms. The molecule has 1 amide bonds. The zero-order valence-electron chi connectivity index (χ0n) is 13.2. The third-order valence-corrected chi connectivity index (χ3v) is 5.20. The number of nitriles is 1. The molecule has 0 saturated carbocycles. The summed E-state index contributed by atoms with van der Waals surface area (Å²) in [7, 11) is 0. The zero-order chi connectivity index (χ0) is 18.5. The number of carboxylic acids is 1. The van der Waals surface area contributed by atoms with Crippen LogP contribution in [0.4, 0.5) is 5.69 Å². The molecule has 1 aromatic carbocycles. The summed E-state index contributed by atoms with van der Waals surface area (Å²) in [5.74, 6) is -1.63. The number of hydrogen-bond acceptors (Lipinski definition) is 6. The molecule has 0 atom stereocenters. The lowest BCUT2D eigenvalue weighted by Crippen LogP contribution is -2.13. The van der Waals surface area contributed by atoms with Gasteiger partial charge < -0.3 is 10.4 Å². The van der Waals surface area contributed by atoms with Crippen molar-refractivity contribution >= 4 is 46.3 Å². The van der Waals surface area contributed by atoms with Gasteiger partial charge in [-0.1, -0.05) is 6.07 Å². The zero-order valence-corrected chi connectivity index (χ0v) is 14.8. The van der Waals surface area contributed by atoms with Gasteiger partial charge in [0.05, 0.1) is 16.1 Å². The maximum atomic E-state index is 12.3. The van der Waals surface area contributed by atoms with Crippen LogP contribution in [0.3, 0.4) is 0 Å². The number of aromatic carboxylic acids is 1. The van der Waals surface area contributed by atoms with Crippen molar-refractivity contribution in [2.24, 2.45) is 0 Å². The third-order valence-electron chi connectivity index (χ3n) is 3.30. The first-order valence-corrected chi connectivity index (χ1v) is 9.08. The second kappa shape index (κ2) is 7.74. The molecule has 6 nitrogen and oxygen atoms in total. The maximum absolute atomic E-state index is 12.3. The minimum Gasteiger partial charge on any atom is -0.478 e. The van der Waals surface area contributed by atoms with Crippen LogP contribution in [0, 0.1) is 11.3 Å². The van der Waals surface area contributed by atoms with Crippen molar-refractivity contribution < 1.29 is 14.7 Å². The molecule has 128 valence electrons. The average molecular weight is 381 g/mol. The Morgan fingerprint density at radius 2 is 1.96 bits per heavy atom. The lowest BCUT2D eigenvalue weighted by molar-refractivity contribution is -0.112. The molecule has 3 aromatic rings. The van der Waals surface area contributed by atoms with Crippen LogP contribution < -0.4 is 5.32 Å². The summed E-state index contributed by atoms with van der Waals surface area (Å²) < 4.78 is 0. The Morgan fingerprint density at radius 3 is 2.58 bits per heavy atom. The number of carbonyl (C=O) groups excluding carboxylic acids is 1. The van der Waals surface area contributed by atoms with E-state index in [-0.39, 0.29) is 11.1 Å². The van der Waals surface area contributed by atoms with Crippen molar-refractivity contribution in [2.75, 3.05) is 5.32 Å². The lowest BCUT2D eigenvalue weighted by Gasteiger charge is -2.04. The molecular formula is C18H11N3O3S2. The van der Waals surface area contributed by atoms with Gasteiger partial charge in [-0.2, -0.15) is 5.26 Å². The number of carbonyl (C=O) groups is 2. The Kier molecular flexibility index (Phi) is 5.22. The quantitative estimate of drug-likeness (QED) is 0.511. The Hall–Kier alpha value is -3.28. The summed E-state index contributed by atoms with van der Waals surface area (Å²) in [6.45, 7) is 0. The van der Waals surface area contributed by atoms with E-state index in [0.717, 1.165) is 9.88 Å². The van der Waals surface area contributed by atoms with E-state index in [1.807, 2.05) is 23.6 Å². The molecule has 2 heterocycles. The highest BCUT2D eigenvalue weighted by atomic mass is 32.1. The van der Waals surface area contributed by atoms with Crippen molar-refractivity contribution in [3.63, 3.8) is 0 Å². The normalized spacial score (nSPS) is 11.0. The Morgan fingerprint density at radius 1 is 1.19 bits per heavy atom. The topological polar surface area (TPSA) is 103 Å². The van der Waals surface area contributed by atoms with Gasteiger partial charge in [0.15, 0.2) is 0 Å². The van der Waals surface area contributed by atoms with E-state index < -0.39 is 11.9 Å². The maximum Gasteiger partial charge on any atom is 0.335 e. The highest BCUT2D eigenvalue weighted by Crippen LogP contribution is 2.28. The Bertz CT molecular complexity index is 1010. The van der Waals surface area contributed by atoms with Crippen molar-refractivity contribution in [3.05, 3.63) is 64.0 Å². The van der Waals surface area contributed by atoms with E-state index in [1.165, 1.54) is 41.7 Å². The van der Waals surface area contributed by atoms with Gasteiger partial charge in [0.25, 0.3) is 5.91 Å². The van der Waals surface area contributed by atoms with Gasteiger partial charge in [-0.3, -0.25) is 4.79 Å². The molecule has 3 rings (SSSR count). The molecule has 0 radical (unpaired) electrons. The van der Waals surface area contributed by atoms with Gasteiger partial charge in [-0.15, -0.1) is 22.7 Å². The van der Waals surface area contributed by atoms with Crippen LogP contribution in [-0.2, 0) is 4.79 Å². The minimum atomic E-state index is -1.05. The monoisotopic (exact) mass is 381 g/mol. The van der Waals surface area contributed by atoms with Gasteiger partial charge in [0.2, 0.25) is 0 Å². The Balaban J connectivity index is 1.75. The van der Waals surface area contributed by atoms with Crippen LogP contribution in [0.5, 0.6) is 0 Å². The predicted octanol–water partition coefficient (Wildman–Crippen LogP) is 4.12. The SMILES string of the molecule is N#CC(=Cc1csc(-c2cccs2)n1)C(=O)Nc1ccc(C(=O)O)cc1. The first kappa shape index (κ1) is 17.5. The number of thiophene rings is 1. The summed E-state index contributed by atoms with van der Waals surface area (Å²) in [4.78, 5) is 28.5. The van der Waals surface area contributed by atoms with E-state index in [4.69, 9.17) is 5.11 Å². The number of benzene rings is 1. The number of nitrogens with one attached hydrogen (secondary N) is 1. The second-order valence-corrected chi connectivity index (χ2v) is 6.87. The van der Waals surface area contributed by atoms with Gasteiger partial charge in [-0.05, 0) is 41.8 Å². The molecule has 2 aromatic heterocycles. The van der Waals surface area contributed by atoms with Gasteiger partial charge in [0, 0.05) is 11.1 Å². The highest BCUT2D eigenvalue weighted by molar-refractivity contribution is 7.20. The summed E-state index contributed by atoms with van der Waals surface area (Å²) in [6, 6.07) is 11.4. The molecule has 0 saturated heterocycles. The molecule has 0 unspecified atom stereocenters. The number of aromatic nitrogens is 1. The number of amides is 1. The van der Waals surface area contributed by atoms with E-state index in [9.17, 15) is 14.9 Å². The molecule has 0 aliphatic carbocycles. The molecular weight excluding hydrogens is 370 g/mol. The van der Waals surface area contributed by atoms with Crippen LogP contribution in [-0.4, -0.2) is 22.0 Å². The van der Waals surface area contributed by atoms with Crippen LogP contribution in [0.15, 0.2) is 52.7 Å². The van der Waals surface area contributed by atoms with Gasteiger partial charge in [-0.25, -0.2) is 9.78 Å². The fourth-order valence-electron chi connectivity index (χ4n) is 2.06. The third kappa shape index (κ3) is 4.03. The molecule has 0 aliphatic heterocycles. The number of hydrogen-bond donors (Lipinski definition) is 2. The largest absolute Gasteiger partial charge is 0.478 e. The average Bonchev–Trinajstić information content (AvgIpc) is 3.31. The number of rotatable bonds is 5. The van der Waals surface area contributed by atoms with E-state index in [1.54, 1.807) is 16.7 Å². The Labute approximate surface area is 156 Å². The number of anilines is 1. The fourth-order valence-corrected chi connectivity index (χ4v) is 3.65. The summed E-state index contributed by atoms with van der Waals surface area (Å²) in [6.07, 6.45) is 1.43. The standard InChI is InChI=1S/C18H11N3O3S2/c19-9-12(8-14-10-26-17(21-14)15-2-1-7-25-15)16(22)20-13-5-3-11(4-6-13)18(23)24/h1-8,10H,(H,20,22)(H,23,24). The number of nitrogens with zero attached hydrogens (tertiary/aromatic N) is 2. The number of thiazole rings is 1. The van der Waals surface area contributed by atoms with Gasteiger partial charge in [0.1, 0.15) is 16.6 Å². The lowest BCUT2D eigenvalue weighted by atomic mass is 10.2. The van der Waals surface area contributed by atoms with E-state index in [0.29, 0.717) is 11.4 Å². The molecule has 0 fully saturated rings. The van der Waals surface area contributed by atoms with E-state index in [2.05, 4.69) is 10.3 Å². The minimum absolute atomic E-state index is 0.0876. The summed E-state index contributed by atoms with van der Waals surface area (Å²) >= 11 is 3.00. The smallest absolute Gasteiger partial charge is 0.335 e. The molecule has 8 heteroatoms. The van der Waals surface area contributed by atoms with Crippen LogP contribution in [0.2, 0.25) is 0 Å². The summed E-state index contributed by atoms with van der Waals surface area (Å²) in [5, 5.41) is 25.3. The number of carboxylic acid groups (broad SMARTS) is 1. The van der Waals surface area contributed by atoms with Gasteiger partial charge >= 0.3 is 5.97 Å². The first-order valence-electron chi connectivity index (χ1n) is 7.33. The highest BCUT2D eigenvalue weighted by Gasteiger charge is 2.12. The summed E-state index contributed by atoms with van der Waals surface area (Å²) in [5.41, 5.74) is 0.961. The predicted molar refractivity (Wildman–Crippen MR) is 101 cm³/mol. The van der Waals surface area contributed by atoms with Crippen LogP contribution in [0.1, 0.15) is 16.1 Å². The van der Waals surface area contributed by atoms with Crippen molar-refractivity contribution in [3.8, 4) is 16.0 Å². The van der Waals surface area contributed by atoms with Crippen molar-refractivity contribution in [1.82, 2.24) is 4.98 Å². The molecule has 0 bridgehead atoms. The molecule has 0 aliphatic rings. The van der Waals surface area contributed by atoms with Crippen LogP contribution >= 0.6 is 22.7 Å². The second-order valence-electron chi connectivity index (χ2n) is 5.06. The van der Waals surface area contributed by atoms with Crippen molar-refractivity contribution in [1.29, 1.82) is 5.26 Å². The molecule has 26 heavy (non-hydrogen) atoms. The van der Waals surface area contributed by atoms with Crippen LogP contribution in [0.25, 0.3) is 16.0 Å². The molecule has 2 N–H and O–H groups in total. The fraction of sp³-hybridized carbons (Fsp3) is 0. The first-order chi connectivity index (χ1) is 12.6.